The maximum atomic E-state index is 4.41. The van der Waals surface area contributed by atoms with Crippen LogP contribution < -0.4 is 0 Å². The lowest BCUT2D eigenvalue weighted by Gasteiger charge is -2.08. The van der Waals surface area contributed by atoms with Crippen molar-refractivity contribution in [3.05, 3.63) is 25.4 Å². The summed E-state index contributed by atoms with van der Waals surface area (Å²) in [7, 11) is 0. The third-order valence-electron chi connectivity index (χ3n) is 1.82. The summed E-state index contributed by atoms with van der Waals surface area (Å²) in [4.78, 5) is 0. The average molecular weight is 359 g/mol. The Morgan fingerprint density at radius 3 is 1.56 bits per heavy atom. The Morgan fingerprint density at radius 1 is 0.625 bits per heavy atom. The van der Waals surface area contributed by atoms with Crippen LogP contribution in [0.25, 0.3) is 0 Å². The van der Waals surface area contributed by atoms with Crippen molar-refractivity contribution in [1.82, 2.24) is 0 Å². The van der Waals surface area contributed by atoms with Crippen LogP contribution in [0.1, 0.15) is 0 Å². The first kappa shape index (κ1) is 13.0. The van der Waals surface area contributed by atoms with Crippen LogP contribution in [0.15, 0.2) is 25.4 Å². The molecule has 0 N–H and O–H groups in total. The van der Waals surface area contributed by atoms with E-state index in [0.29, 0.717) is 0 Å². The lowest BCUT2D eigenvalue weighted by Crippen LogP contribution is -1.88. The Hall–Kier alpha value is 2.02. The molecule has 0 aromatic rings. The van der Waals surface area contributed by atoms with Crippen molar-refractivity contribution in [2.75, 3.05) is 11.5 Å². The van der Waals surface area contributed by atoms with Crippen molar-refractivity contribution in [1.29, 1.82) is 0 Å². The van der Waals surface area contributed by atoms with E-state index in [9.17, 15) is 0 Å². The van der Waals surface area contributed by atoms with Crippen molar-refractivity contribution in [2.45, 2.75) is 0 Å². The highest BCUT2D eigenvalue weighted by molar-refractivity contribution is 8.44. The standard InChI is InChI=1S/C8H6S8/c9-3-4(10)14-7(13-3)8-15-5-6(16-8)12-2-1-11-5/h9-10H,1-2H2. The monoisotopic (exact) mass is 358 g/mol. The predicted octanol–water partition coefficient (Wildman–Crippen LogP) is 5.67. The van der Waals surface area contributed by atoms with Gasteiger partial charge in [0.2, 0.25) is 0 Å². The zero-order valence-corrected chi connectivity index (χ0v) is 14.4. The molecule has 0 nitrogen and oxygen atoms in total. The molecule has 3 rings (SSSR count). The SMILES string of the molecule is SC1=C(S)SC(=C2SC3=C(SCCS3)S2)S1. The van der Waals surface area contributed by atoms with Gasteiger partial charge in [-0.25, -0.2) is 0 Å². The molecule has 86 valence electrons. The van der Waals surface area contributed by atoms with Gasteiger partial charge >= 0.3 is 0 Å². The summed E-state index contributed by atoms with van der Waals surface area (Å²) >= 11 is 20.1. The number of thioether (sulfide) groups is 6. The minimum absolute atomic E-state index is 1.03. The topological polar surface area (TPSA) is 0 Å². The van der Waals surface area contributed by atoms with Crippen molar-refractivity contribution < 1.29 is 0 Å². The quantitative estimate of drug-likeness (QED) is 0.532. The highest BCUT2D eigenvalue weighted by Gasteiger charge is 2.30. The van der Waals surface area contributed by atoms with Crippen molar-refractivity contribution in [2.24, 2.45) is 0 Å². The van der Waals surface area contributed by atoms with Gasteiger partial charge in [-0.05, 0) is 0 Å². The van der Waals surface area contributed by atoms with Crippen LogP contribution in [-0.2, 0) is 0 Å². The molecule has 0 aromatic heterocycles. The Labute approximate surface area is 131 Å². The minimum Gasteiger partial charge on any atom is -0.135 e. The van der Waals surface area contributed by atoms with Crippen LogP contribution in [0.5, 0.6) is 0 Å². The summed E-state index contributed by atoms with van der Waals surface area (Å²) in [5.41, 5.74) is 0. The molecule has 3 aliphatic heterocycles. The van der Waals surface area contributed by atoms with Crippen LogP contribution in [0.2, 0.25) is 0 Å². The highest BCUT2D eigenvalue weighted by atomic mass is 32.3. The first-order valence-corrected chi connectivity index (χ1v) is 10.4. The third kappa shape index (κ3) is 2.64. The van der Waals surface area contributed by atoms with Gasteiger partial charge in [0.25, 0.3) is 0 Å². The largest absolute Gasteiger partial charge is 0.135 e. The molecular weight excluding hydrogens is 353 g/mol. The first-order valence-electron chi connectivity index (χ1n) is 4.32. The zero-order valence-electron chi connectivity index (χ0n) is 7.76. The molecule has 0 unspecified atom stereocenters. The van der Waals surface area contributed by atoms with Gasteiger partial charge in [-0.15, -0.1) is 48.8 Å². The van der Waals surface area contributed by atoms with Crippen LogP contribution in [0.4, 0.5) is 0 Å². The fourth-order valence-electron chi connectivity index (χ4n) is 1.17. The Morgan fingerprint density at radius 2 is 1.06 bits per heavy atom. The van der Waals surface area contributed by atoms with Crippen molar-refractivity contribution in [3.8, 4) is 0 Å². The summed E-state index contributed by atoms with van der Waals surface area (Å²) in [5.74, 6) is 2.49. The van der Waals surface area contributed by atoms with E-state index in [0.717, 1.165) is 8.47 Å². The highest BCUT2D eigenvalue weighted by Crippen LogP contribution is 2.65. The minimum atomic E-state index is 1.03. The van der Waals surface area contributed by atoms with Gasteiger partial charge in [0.15, 0.2) is 0 Å². The second kappa shape index (κ2) is 5.56. The lowest BCUT2D eigenvalue weighted by atomic mass is 11.0. The zero-order chi connectivity index (χ0) is 11.1. The van der Waals surface area contributed by atoms with E-state index in [4.69, 9.17) is 0 Å². The third-order valence-corrected chi connectivity index (χ3v) is 11.8. The van der Waals surface area contributed by atoms with E-state index in [1.807, 2.05) is 47.0 Å². The predicted molar refractivity (Wildman–Crippen MR) is 94.3 cm³/mol. The molecular formula is C8H6S8. The summed E-state index contributed by atoms with van der Waals surface area (Å²) in [5, 5.41) is 0. The van der Waals surface area contributed by atoms with Gasteiger partial charge in [0.05, 0.1) is 25.4 Å². The Bertz CT molecular complexity index is 395. The van der Waals surface area contributed by atoms with E-state index in [2.05, 4.69) is 25.3 Å². The van der Waals surface area contributed by atoms with Gasteiger partial charge in [-0.3, -0.25) is 0 Å². The fraction of sp³-hybridized carbons (Fsp3) is 0.250. The molecule has 0 amide bonds. The second-order valence-corrected chi connectivity index (χ2v) is 11.7. The van der Waals surface area contributed by atoms with E-state index in [-0.39, 0.29) is 0 Å². The van der Waals surface area contributed by atoms with Gasteiger partial charge in [-0.1, -0.05) is 47.0 Å². The van der Waals surface area contributed by atoms with Gasteiger partial charge < -0.3 is 0 Å². The molecule has 0 radical (unpaired) electrons. The van der Waals surface area contributed by atoms with Crippen molar-refractivity contribution >= 4 is 95.8 Å². The fourth-order valence-corrected chi connectivity index (χ4v) is 10.6. The number of thiol groups is 2. The number of hydrogen-bond donors (Lipinski definition) is 2. The molecule has 16 heavy (non-hydrogen) atoms. The van der Waals surface area contributed by atoms with Crippen LogP contribution in [-0.4, -0.2) is 11.5 Å². The summed E-state index contributed by atoms with van der Waals surface area (Å²) < 4.78 is 7.82. The number of rotatable bonds is 0. The van der Waals surface area contributed by atoms with E-state index >= 15 is 0 Å². The average Bonchev–Trinajstić information content (AvgIpc) is 2.83. The first-order chi connectivity index (χ1) is 7.74. The molecule has 0 fully saturated rings. The summed E-state index contributed by atoms with van der Waals surface area (Å²) in [6, 6.07) is 0. The smallest absolute Gasteiger partial charge is 0.0717 e. The Kier molecular flexibility index (Phi) is 4.53. The van der Waals surface area contributed by atoms with Gasteiger partial charge in [0, 0.05) is 11.5 Å². The second-order valence-electron chi connectivity index (χ2n) is 2.87. The number of hydrogen-bond acceptors (Lipinski definition) is 8. The molecule has 8 heteroatoms. The Balaban J connectivity index is 1.79. The molecule has 0 saturated heterocycles. The maximum absolute atomic E-state index is 4.41. The molecule has 0 spiro atoms. The van der Waals surface area contributed by atoms with Gasteiger partial charge in [0.1, 0.15) is 0 Å². The normalized spacial score (nSPS) is 25.9. The summed E-state index contributed by atoms with van der Waals surface area (Å²) in [6.45, 7) is 0. The molecule has 0 bridgehead atoms. The van der Waals surface area contributed by atoms with Crippen LogP contribution >= 0.6 is 95.8 Å². The van der Waals surface area contributed by atoms with Crippen LogP contribution in [0.3, 0.4) is 0 Å². The van der Waals surface area contributed by atoms with E-state index < -0.39 is 0 Å². The van der Waals surface area contributed by atoms with E-state index in [1.165, 1.54) is 28.5 Å². The summed E-state index contributed by atoms with van der Waals surface area (Å²) in [6.07, 6.45) is 0. The van der Waals surface area contributed by atoms with Crippen LogP contribution in [0, 0.1) is 0 Å². The van der Waals surface area contributed by atoms with Gasteiger partial charge in [-0.2, -0.15) is 0 Å². The molecule has 0 saturated carbocycles. The lowest BCUT2D eigenvalue weighted by molar-refractivity contribution is 1.56. The molecule has 0 atom stereocenters. The molecule has 0 aromatic carbocycles. The maximum Gasteiger partial charge on any atom is 0.0717 e. The van der Waals surface area contributed by atoms with E-state index in [1.54, 1.807) is 23.5 Å². The van der Waals surface area contributed by atoms with Crippen molar-refractivity contribution in [3.63, 3.8) is 0 Å². The molecule has 3 aliphatic rings. The molecule has 0 aliphatic carbocycles. The molecule has 3 heterocycles.